The van der Waals surface area contributed by atoms with Crippen LogP contribution in [-0.2, 0) is 11.3 Å². The lowest BCUT2D eigenvalue weighted by Gasteiger charge is -2.37. The Morgan fingerprint density at radius 3 is 2.34 bits per heavy atom. The first kappa shape index (κ1) is 21.1. The van der Waals surface area contributed by atoms with Crippen molar-refractivity contribution < 1.29 is 9.21 Å². The zero-order chi connectivity index (χ0) is 21.0. The number of rotatable bonds is 6. The maximum atomic E-state index is 13.2. The molecule has 2 aromatic carbocycles. The minimum absolute atomic E-state index is 0.0430. The van der Waals surface area contributed by atoms with Crippen molar-refractivity contribution in [3.63, 3.8) is 0 Å². The standard InChI is InChI=1S/C23H27N3O2S/c1-16-11-13-19(14-12-16)20-24-25-22(28-20)29-17(2)21(27)26(23(3,4)5)15-18-9-7-6-8-10-18/h6-14,17H,15H2,1-5H3/t17-/m0/s1. The lowest BCUT2D eigenvalue weighted by atomic mass is 10.0. The van der Waals surface area contributed by atoms with E-state index in [1.165, 1.54) is 17.3 Å². The van der Waals surface area contributed by atoms with Crippen molar-refractivity contribution in [2.45, 2.75) is 57.2 Å². The van der Waals surface area contributed by atoms with Crippen molar-refractivity contribution >= 4 is 17.7 Å². The highest BCUT2D eigenvalue weighted by Gasteiger charge is 2.31. The number of nitrogens with zero attached hydrogens (tertiary/aromatic N) is 3. The van der Waals surface area contributed by atoms with E-state index in [0.29, 0.717) is 17.7 Å². The number of amides is 1. The molecule has 1 atom stereocenters. The van der Waals surface area contributed by atoms with Gasteiger partial charge in [-0.15, -0.1) is 10.2 Å². The van der Waals surface area contributed by atoms with Crippen molar-refractivity contribution in [2.75, 3.05) is 0 Å². The van der Waals surface area contributed by atoms with Crippen LogP contribution in [0, 0.1) is 6.92 Å². The topological polar surface area (TPSA) is 59.2 Å². The van der Waals surface area contributed by atoms with Crippen molar-refractivity contribution in [3.05, 3.63) is 65.7 Å². The van der Waals surface area contributed by atoms with E-state index in [1.54, 1.807) is 0 Å². The first-order valence-electron chi connectivity index (χ1n) is 9.66. The van der Waals surface area contributed by atoms with Gasteiger partial charge in [0, 0.05) is 17.6 Å². The molecular formula is C23H27N3O2S. The molecule has 0 radical (unpaired) electrons. The van der Waals surface area contributed by atoms with Gasteiger partial charge in [-0.2, -0.15) is 0 Å². The van der Waals surface area contributed by atoms with Crippen LogP contribution in [0.3, 0.4) is 0 Å². The van der Waals surface area contributed by atoms with Crippen LogP contribution < -0.4 is 0 Å². The minimum atomic E-state index is -0.343. The van der Waals surface area contributed by atoms with Gasteiger partial charge in [0.1, 0.15) is 0 Å². The number of hydrogen-bond acceptors (Lipinski definition) is 5. The molecule has 0 saturated carbocycles. The third-order valence-corrected chi connectivity index (χ3v) is 5.51. The smallest absolute Gasteiger partial charge is 0.277 e. The van der Waals surface area contributed by atoms with Gasteiger partial charge in [0.05, 0.1) is 5.25 Å². The fourth-order valence-electron chi connectivity index (χ4n) is 2.90. The van der Waals surface area contributed by atoms with E-state index < -0.39 is 0 Å². The van der Waals surface area contributed by atoms with Gasteiger partial charge in [0.15, 0.2) is 0 Å². The van der Waals surface area contributed by atoms with Gasteiger partial charge in [-0.25, -0.2) is 0 Å². The molecule has 152 valence electrons. The van der Waals surface area contributed by atoms with Crippen LogP contribution in [0.4, 0.5) is 0 Å². The molecule has 0 saturated heterocycles. The van der Waals surface area contributed by atoms with Gasteiger partial charge in [0.2, 0.25) is 11.8 Å². The first-order chi connectivity index (χ1) is 13.7. The lowest BCUT2D eigenvalue weighted by molar-refractivity contribution is -0.135. The Morgan fingerprint density at radius 2 is 1.72 bits per heavy atom. The van der Waals surface area contributed by atoms with E-state index in [4.69, 9.17) is 4.42 Å². The highest BCUT2D eigenvalue weighted by atomic mass is 32.2. The molecule has 5 nitrogen and oxygen atoms in total. The zero-order valence-electron chi connectivity index (χ0n) is 17.5. The molecule has 29 heavy (non-hydrogen) atoms. The van der Waals surface area contributed by atoms with Crippen molar-refractivity contribution in [1.82, 2.24) is 15.1 Å². The highest BCUT2D eigenvalue weighted by molar-refractivity contribution is 8.00. The fourth-order valence-corrected chi connectivity index (χ4v) is 3.65. The molecule has 1 amide bonds. The summed E-state index contributed by atoms with van der Waals surface area (Å²) in [6.07, 6.45) is 0. The van der Waals surface area contributed by atoms with Crippen LogP contribution in [0.15, 0.2) is 64.2 Å². The van der Waals surface area contributed by atoms with E-state index in [2.05, 4.69) is 10.2 Å². The molecule has 0 spiro atoms. The Hall–Kier alpha value is -2.60. The molecule has 0 bridgehead atoms. The SMILES string of the molecule is Cc1ccc(-c2nnc(S[C@@H](C)C(=O)N(Cc3ccccc3)C(C)(C)C)o2)cc1. The second-order valence-electron chi connectivity index (χ2n) is 8.08. The minimum Gasteiger partial charge on any atom is -0.411 e. The van der Waals surface area contributed by atoms with Gasteiger partial charge >= 0.3 is 0 Å². The Kier molecular flexibility index (Phi) is 6.42. The maximum Gasteiger partial charge on any atom is 0.277 e. The number of benzene rings is 2. The third kappa shape index (κ3) is 5.48. The van der Waals surface area contributed by atoms with Crippen LogP contribution in [0.5, 0.6) is 0 Å². The van der Waals surface area contributed by atoms with E-state index in [9.17, 15) is 4.79 Å². The van der Waals surface area contributed by atoms with E-state index in [-0.39, 0.29) is 16.7 Å². The summed E-state index contributed by atoms with van der Waals surface area (Å²) in [5.41, 5.74) is 2.84. The predicted octanol–water partition coefficient (Wildman–Crippen LogP) is 5.35. The van der Waals surface area contributed by atoms with Crippen LogP contribution in [0.2, 0.25) is 0 Å². The van der Waals surface area contributed by atoms with Gasteiger partial charge in [-0.05, 0) is 52.3 Å². The van der Waals surface area contributed by atoms with Crippen molar-refractivity contribution in [2.24, 2.45) is 0 Å². The number of carbonyl (C=O) groups excluding carboxylic acids is 1. The second-order valence-corrected chi connectivity index (χ2v) is 9.37. The average Bonchev–Trinajstić information content (AvgIpc) is 3.14. The van der Waals surface area contributed by atoms with E-state index in [1.807, 2.05) is 94.1 Å². The van der Waals surface area contributed by atoms with E-state index >= 15 is 0 Å². The predicted molar refractivity (Wildman–Crippen MR) is 117 cm³/mol. The zero-order valence-corrected chi connectivity index (χ0v) is 18.4. The molecular weight excluding hydrogens is 382 g/mol. The molecule has 3 aromatic rings. The summed E-state index contributed by atoms with van der Waals surface area (Å²) < 4.78 is 5.78. The van der Waals surface area contributed by atoms with Gasteiger partial charge < -0.3 is 9.32 Å². The highest BCUT2D eigenvalue weighted by Crippen LogP contribution is 2.29. The normalized spacial score (nSPS) is 12.6. The molecule has 0 aliphatic heterocycles. The van der Waals surface area contributed by atoms with Crippen molar-refractivity contribution in [1.29, 1.82) is 0 Å². The summed E-state index contributed by atoms with van der Waals surface area (Å²) >= 11 is 1.29. The number of thioether (sulfide) groups is 1. The Balaban J connectivity index is 1.72. The number of carbonyl (C=O) groups is 1. The molecule has 3 rings (SSSR count). The van der Waals surface area contributed by atoms with Gasteiger partial charge in [0.25, 0.3) is 5.22 Å². The average molecular weight is 410 g/mol. The van der Waals surface area contributed by atoms with Crippen LogP contribution in [0.25, 0.3) is 11.5 Å². The monoisotopic (exact) mass is 409 g/mol. The summed E-state index contributed by atoms with van der Waals surface area (Å²) in [4.78, 5) is 15.1. The van der Waals surface area contributed by atoms with Crippen molar-refractivity contribution in [3.8, 4) is 11.5 Å². The first-order valence-corrected chi connectivity index (χ1v) is 10.5. The Labute approximate surface area is 176 Å². The Bertz CT molecular complexity index is 946. The molecule has 0 aliphatic rings. The number of aromatic nitrogens is 2. The van der Waals surface area contributed by atoms with Gasteiger partial charge in [-0.3, -0.25) is 4.79 Å². The van der Waals surface area contributed by atoms with Crippen LogP contribution in [0.1, 0.15) is 38.8 Å². The molecule has 1 heterocycles. The largest absolute Gasteiger partial charge is 0.411 e. The molecule has 1 aromatic heterocycles. The molecule has 0 aliphatic carbocycles. The summed E-state index contributed by atoms with van der Waals surface area (Å²) in [5.74, 6) is 0.505. The van der Waals surface area contributed by atoms with E-state index in [0.717, 1.165) is 11.1 Å². The molecule has 0 unspecified atom stereocenters. The van der Waals surface area contributed by atoms with Gasteiger partial charge in [-0.1, -0.05) is 59.8 Å². The summed E-state index contributed by atoms with van der Waals surface area (Å²) in [7, 11) is 0. The summed E-state index contributed by atoms with van der Waals surface area (Å²) in [5, 5.41) is 8.30. The Morgan fingerprint density at radius 1 is 1.07 bits per heavy atom. The third-order valence-electron chi connectivity index (χ3n) is 4.59. The number of hydrogen-bond donors (Lipinski definition) is 0. The molecule has 6 heteroatoms. The number of aryl methyl sites for hydroxylation is 1. The second kappa shape index (κ2) is 8.82. The molecule has 0 N–H and O–H groups in total. The summed E-state index contributed by atoms with van der Waals surface area (Å²) in [6, 6.07) is 17.9. The van der Waals surface area contributed by atoms with Crippen LogP contribution >= 0.6 is 11.8 Å². The quantitative estimate of drug-likeness (QED) is 0.514. The molecule has 0 fully saturated rings. The fraction of sp³-hybridized carbons (Fsp3) is 0.348. The summed E-state index contributed by atoms with van der Waals surface area (Å²) in [6.45, 7) is 10.6. The maximum absolute atomic E-state index is 13.2. The lowest BCUT2D eigenvalue weighted by Crippen LogP contribution is -2.48. The van der Waals surface area contributed by atoms with Crippen LogP contribution in [-0.4, -0.2) is 31.8 Å².